The fraction of sp³-hybridized carbons (Fsp3) is 0.917. The molecule has 0 heterocycles. The van der Waals surface area contributed by atoms with Crippen LogP contribution in [-0.2, 0) is 14.6 Å². The Kier molecular flexibility index (Phi) is 4.36. The molecule has 0 radical (unpaired) electrons. The molecule has 0 bridgehead atoms. The van der Waals surface area contributed by atoms with Gasteiger partial charge in [0.15, 0.2) is 5.78 Å². The Balaban J connectivity index is 2.78. The zero-order valence-corrected chi connectivity index (χ0v) is 11.6. The van der Waals surface area contributed by atoms with Crippen molar-refractivity contribution in [1.29, 1.82) is 0 Å². The Labute approximate surface area is 103 Å². The van der Waals surface area contributed by atoms with E-state index in [0.717, 1.165) is 6.42 Å². The standard InChI is InChI=1S/C12H22O4S/c1-4-12(2,14)11(13)9-6-5-7-10(8-9)17(3,15)16/h9-10,14H,4-8H2,1-3H3. The molecule has 0 aromatic carbocycles. The van der Waals surface area contributed by atoms with Gasteiger partial charge in [-0.2, -0.15) is 0 Å². The van der Waals surface area contributed by atoms with Crippen LogP contribution in [0.15, 0.2) is 0 Å². The molecule has 0 amide bonds. The van der Waals surface area contributed by atoms with Crippen molar-refractivity contribution < 1.29 is 18.3 Å². The van der Waals surface area contributed by atoms with Crippen LogP contribution >= 0.6 is 0 Å². The van der Waals surface area contributed by atoms with Gasteiger partial charge in [0.1, 0.15) is 15.4 Å². The number of rotatable bonds is 4. The molecule has 0 spiro atoms. The van der Waals surface area contributed by atoms with Crippen molar-refractivity contribution in [2.45, 2.75) is 56.8 Å². The summed E-state index contributed by atoms with van der Waals surface area (Å²) in [6, 6.07) is 0. The summed E-state index contributed by atoms with van der Waals surface area (Å²) in [6.07, 6.45) is 4.04. The van der Waals surface area contributed by atoms with E-state index < -0.39 is 20.7 Å². The van der Waals surface area contributed by atoms with Crippen LogP contribution in [0.25, 0.3) is 0 Å². The van der Waals surface area contributed by atoms with Gasteiger partial charge in [0, 0.05) is 12.2 Å². The van der Waals surface area contributed by atoms with Crippen molar-refractivity contribution in [2.75, 3.05) is 6.26 Å². The lowest BCUT2D eigenvalue weighted by atomic mass is 9.79. The van der Waals surface area contributed by atoms with Gasteiger partial charge in [-0.15, -0.1) is 0 Å². The highest BCUT2D eigenvalue weighted by Crippen LogP contribution is 2.32. The van der Waals surface area contributed by atoms with Gasteiger partial charge in [-0.25, -0.2) is 8.42 Å². The summed E-state index contributed by atoms with van der Waals surface area (Å²) in [5.41, 5.74) is -1.32. The summed E-state index contributed by atoms with van der Waals surface area (Å²) in [6.45, 7) is 3.27. The maximum atomic E-state index is 12.1. The summed E-state index contributed by atoms with van der Waals surface area (Å²) in [5, 5.41) is 9.52. The molecule has 5 heteroatoms. The molecule has 0 aliphatic heterocycles. The smallest absolute Gasteiger partial charge is 0.167 e. The van der Waals surface area contributed by atoms with Crippen LogP contribution in [-0.4, -0.2) is 36.4 Å². The molecular formula is C12H22O4S. The largest absolute Gasteiger partial charge is 0.382 e. The van der Waals surface area contributed by atoms with E-state index >= 15 is 0 Å². The van der Waals surface area contributed by atoms with Crippen LogP contribution in [0.1, 0.15) is 46.0 Å². The number of carbonyl (C=O) groups is 1. The Morgan fingerprint density at radius 3 is 2.47 bits per heavy atom. The van der Waals surface area contributed by atoms with Gasteiger partial charge in [0.05, 0.1) is 5.25 Å². The lowest BCUT2D eigenvalue weighted by molar-refractivity contribution is -0.141. The monoisotopic (exact) mass is 262 g/mol. The highest BCUT2D eigenvalue weighted by atomic mass is 32.2. The van der Waals surface area contributed by atoms with Crippen molar-refractivity contribution in [3.8, 4) is 0 Å². The fourth-order valence-corrected chi connectivity index (χ4v) is 3.56. The first-order valence-corrected chi connectivity index (χ1v) is 8.09. The minimum atomic E-state index is -3.08. The van der Waals surface area contributed by atoms with Gasteiger partial charge in [0.25, 0.3) is 0 Å². The average Bonchev–Trinajstić information content (AvgIpc) is 2.27. The molecule has 3 unspecified atom stereocenters. The first-order chi connectivity index (χ1) is 7.68. The highest BCUT2D eigenvalue weighted by molar-refractivity contribution is 7.91. The number of hydrogen-bond acceptors (Lipinski definition) is 4. The fourth-order valence-electron chi connectivity index (χ4n) is 2.39. The van der Waals surface area contributed by atoms with Gasteiger partial charge < -0.3 is 5.11 Å². The van der Waals surface area contributed by atoms with Crippen LogP contribution in [0, 0.1) is 5.92 Å². The number of Topliss-reactive ketones (excluding diaryl/α,β-unsaturated/α-hetero) is 1. The first kappa shape index (κ1) is 14.6. The third kappa shape index (κ3) is 3.52. The molecule has 100 valence electrons. The van der Waals surface area contributed by atoms with Gasteiger partial charge >= 0.3 is 0 Å². The molecule has 1 N–H and O–H groups in total. The normalized spacial score (nSPS) is 29.6. The minimum Gasteiger partial charge on any atom is -0.382 e. The van der Waals surface area contributed by atoms with Crippen molar-refractivity contribution >= 4 is 15.6 Å². The Morgan fingerprint density at radius 2 is 2.00 bits per heavy atom. The van der Waals surface area contributed by atoms with Gasteiger partial charge in [-0.1, -0.05) is 13.3 Å². The quantitative estimate of drug-likeness (QED) is 0.829. The zero-order valence-electron chi connectivity index (χ0n) is 10.8. The summed E-state index contributed by atoms with van der Waals surface area (Å²) < 4.78 is 23.0. The van der Waals surface area contributed by atoms with Crippen molar-refractivity contribution in [1.82, 2.24) is 0 Å². The molecule has 0 aromatic rings. The third-order valence-corrected chi connectivity index (χ3v) is 5.46. The lowest BCUT2D eigenvalue weighted by Gasteiger charge is -2.31. The van der Waals surface area contributed by atoms with Crippen LogP contribution in [0.3, 0.4) is 0 Å². The molecule has 3 atom stereocenters. The van der Waals surface area contributed by atoms with Crippen LogP contribution < -0.4 is 0 Å². The van der Waals surface area contributed by atoms with Gasteiger partial charge in [-0.3, -0.25) is 4.79 Å². The summed E-state index contributed by atoms with van der Waals surface area (Å²) in [5.74, 6) is -0.508. The van der Waals surface area contributed by atoms with Crippen LogP contribution in [0.2, 0.25) is 0 Å². The molecule has 0 aromatic heterocycles. The Hall–Kier alpha value is -0.420. The van der Waals surface area contributed by atoms with Crippen LogP contribution in [0.5, 0.6) is 0 Å². The van der Waals surface area contributed by atoms with Crippen molar-refractivity contribution in [3.05, 3.63) is 0 Å². The maximum Gasteiger partial charge on any atom is 0.167 e. The van der Waals surface area contributed by atoms with E-state index in [1.54, 1.807) is 6.92 Å². The maximum absolute atomic E-state index is 12.1. The third-order valence-electron chi connectivity index (χ3n) is 3.82. The molecule has 4 nitrogen and oxygen atoms in total. The van der Waals surface area contributed by atoms with E-state index in [1.165, 1.54) is 13.2 Å². The van der Waals surface area contributed by atoms with E-state index in [1.807, 2.05) is 0 Å². The van der Waals surface area contributed by atoms with E-state index in [9.17, 15) is 18.3 Å². The second-order valence-corrected chi connectivity index (χ2v) is 7.63. The summed E-state index contributed by atoms with van der Waals surface area (Å²) in [4.78, 5) is 12.1. The number of sulfone groups is 1. The molecule has 1 rings (SSSR count). The SMILES string of the molecule is CCC(C)(O)C(=O)C1CCCC(S(C)(=O)=O)C1. The Bertz CT molecular complexity index is 383. The number of aliphatic hydroxyl groups is 1. The van der Waals surface area contributed by atoms with E-state index in [4.69, 9.17) is 0 Å². The van der Waals surface area contributed by atoms with Crippen LogP contribution in [0.4, 0.5) is 0 Å². The molecule has 17 heavy (non-hydrogen) atoms. The minimum absolute atomic E-state index is 0.201. The van der Waals surface area contributed by atoms with Crippen molar-refractivity contribution in [3.63, 3.8) is 0 Å². The molecule has 1 aliphatic carbocycles. The predicted octanol–water partition coefficient (Wildman–Crippen LogP) is 1.32. The highest BCUT2D eigenvalue weighted by Gasteiger charge is 2.39. The van der Waals surface area contributed by atoms with E-state index in [-0.39, 0.29) is 11.7 Å². The van der Waals surface area contributed by atoms with Gasteiger partial charge in [-0.05, 0) is 32.6 Å². The molecule has 1 aliphatic rings. The van der Waals surface area contributed by atoms with E-state index in [2.05, 4.69) is 0 Å². The van der Waals surface area contributed by atoms with Gasteiger partial charge in [0.2, 0.25) is 0 Å². The summed E-state index contributed by atoms with van der Waals surface area (Å²) >= 11 is 0. The topological polar surface area (TPSA) is 71.4 Å². The molecule has 0 saturated heterocycles. The number of carbonyl (C=O) groups excluding carboxylic acids is 1. The van der Waals surface area contributed by atoms with E-state index in [0.29, 0.717) is 25.7 Å². The zero-order chi connectivity index (χ0) is 13.3. The number of hydrogen-bond donors (Lipinski definition) is 1. The molecular weight excluding hydrogens is 240 g/mol. The number of ketones is 1. The average molecular weight is 262 g/mol. The Morgan fingerprint density at radius 1 is 1.41 bits per heavy atom. The second kappa shape index (κ2) is 5.06. The summed E-state index contributed by atoms with van der Waals surface area (Å²) in [7, 11) is -3.08. The first-order valence-electron chi connectivity index (χ1n) is 6.14. The second-order valence-electron chi connectivity index (χ2n) is 5.31. The predicted molar refractivity (Wildman–Crippen MR) is 66.5 cm³/mol. The lowest BCUT2D eigenvalue weighted by Crippen LogP contribution is -2.42. The molecule has 1 saturated carbocycles. The molecule has 1 fully saturated rings. The van der Waals surface area contributed by atoms with Crippen molar-refractivity contribution in [2.24, 2.45) is 5.92 Å².